The molecule has 6 atom stereocenters. The predicted molar refractivity (Wildman–Crippen MR) is 211 cm³/mol. The third kappa shape index (κ3) is 6.95. The van der Waals surface area contributed by atoms with Gasteiger partial charge in [0.2, 0.25) is 5.88 Å². The number of aliphatic hydroxyl groups is 2. The van der Waals surface area contributed by atoms with Gasteiger partial charge in [0, 0.05) is 46.8 Å². The molecule has 5 N–H and O–H groups in total. The minimum absolute atomic E-state index is 0.0160. The summed E-state index contributed by atoms with van der Waals surface area (Å²) in [5, 5.41) is 30.1. The van der Waals surface area contributed by atoms with E-state index >= 15 is 8.78 Å². The highest BCUT2D eigenvalue weighted by atomic mass is 32.1. The van der Waals surface area contributed by atoms with Gasteiger partial charge in [0.25, 0.3) is 0 Å². The summed E-state index contributed by atoms with van der Waals surface area (Å²) in [6, 6.07) is 3.33. The predicted octanol–water partition coefficient (Wildman–Crippen LogP) is 5.69. The van der Waals surface area contributed by atoms with E-state index in [1.54, 1.807) is 11.8 Å². The standard InChI is InChI=1S/C40H51F2N7O6S/c1-21-13-23(14-22(2)55-21)49-12-6-11-40(10-5-7-28(40)49)20-54-38-46-33-30(36(47-38)48-16-24(17-50)53-19-39(3,51)18-48)37(52-4)45-32(31(33)42)25-8-9-27(41)34-29(25)26(15-43)35(44)56-34/h8-9,15,21-24,28,43,50-51H,5-7,10-14,16-20,44H2,1-4H3. The Bertz CT molecular complexity index is 2130. The highest BCUT2D eigenvalue weighted by Crippen LogP contribution is 2.50. The average molecular weight is 796 g/mol. The molecule has 1 aliphatic carbocycles. The van der Waals surface area contributed by atoms with Crippen molar-refractivity contribution in [3.8, 4) is 23.1 Å². The minimum atomic E-state index is -1.36. The van der Waals surface area contributed by atoms with Crippen LogP contribution in [0.1, 0.15) is 71.3 Å². The number of methoxy groups -OCH3 is 1. The SMILES string of the molecule is COc1nc(-c2ccc(F)c3sc(N)c(C=N)c23)c(F)c2nc(OCC34CCCC3N(C3CC(C)OC(C)C3)CCC4)nc(N3CC(CO)OCC(C)(O)C3)c12. The Morgan fingerprint density at radius 3 is 2.62 bits per heavy atom. The number of nitrogens with one attached hydrogen (secondary N) is 1. The normalized spacial score (nSPS) is 30.1. The van der Waals surface area contributed by atoms with Crippen LogP contribution in [-0.2, 0) is 9.47 Å². The molecular weight excluding hydrogens is 745 g/mol. The van der Waals surface area contributed by atoms with Crippen molar-refractivity contribution in [1.29, 1.82) is 5.41 Å². The zero-order chi connectivity index (χ0) is 39.5. The number of piperidine rings is 1. The van der Waals surface area contributed by atoms with Gasteiger partial charge < -0.3 is 45.2 Å². The first-order valence-electron chi connectivity index (χ1n) is 19.6. The molecule has 0 bridgehead atoms. The van der Waals surface area contributed by atoms with Gasteiger partial charge in [-0.05, 0) is 78.0 Å². The number of hydrogen-bond acceptors (Lipinski definition) is 14. The molecule has 4 aliphatic rings. The number of pyridine rings is 1. The first-order valence-corrected chi connectivity index (χ1v) is 20.4. The van der Waals surface area contributed by atoms with Crippen LogP contribution in [0.2, 0.25) is 0 Å². The number of ether oxygens (including phenoxy) is 4. The van der Waals surface area contributed by atoms with E-state index in [1.807, 2.05) is 0 Å². The van der Waals surface area contributed by atoms with Crippen LogP contribution < -0.4 is 20.1 Å². The maximum absolute atomic E-state index is 17.4. The largest absolute Gasteiger partial charge is 0.480 e. The summed E-state index contributed by atoms with van der Waals surface area (Å²) in [7, 11) is 1.40. The zero-order valence-electron chi connectivity index (χ0n) is 32.3. The van der Waals surface area contributed by atoms with E-state index in [-0.39, 0.29) is 104 Å². The number of fused-ring (bicyclic) bond motifs is 3. The molecule has 302 valence electrons. The molecule has 6 unspecified atom stereocenters. The number of nitrogens with zero attached hydrogens (tertiary/aromatic N) is 5. The molecule has 3 aromatic heterocycles. The molecule has 1 aromatic carbocycles. The van der Waals surface area contributed by atoms with Crippen LogP contribution in [0.15, 0.2) is 12.1 Å². The van der Waals surface area contributed by atoms with Crippen LogP contribution in [-0.4, -0.2) is 119 Å². The van der Waals surface area contributed by atoms with Gasteiger partial charge in [0.1, 0.15) is 33.8 Å². The van der Waals surface area contributed by atoms with Crippen LogP contribution in [0, 0.1) is 22.5 Å². The van der Waals surface area contributed by atoms with Crippen molar-refractivity contribution in [2.24, 2.45) is 5.41 Å². The van der Waals surface area contributed by atoms with Gasteiger partial charge >= 0.3 is 6.01 Å². The number of thiophene rings is 1. The Labute approximate surface area is 328 Å². The number of anilines is 2. The number of likely N-dealkylation sites (tertiary alicyclic amines) is 1. The lowest BCUT2D eigenvalue weighted by Crippen LogP contribution is -2.57. The molecule has 6 heterocycles. The molecule has 3 aliphatic heterocycles. The van der Waals surface area contributed by atoms with E-state index in [0.29, 0.717) is 18.7 Å². The second kappa shape index (κ2) is 15.2. The quantitative estimate of drug-likeness (QED) is 0.153. The number of benzene rings is 1. The van der Waals surface area contributed by atoms with Gasteiger partial charge in [-0.15, -0.1) is 11.3 Å². The molecule has 4 fully saturated rings. The van der Waals surface area contributed by atoms with Gasteiger partial charge in [-0.2, -0.15) is 9.97 Å². The first-order chi connectivity index (χ1) is 26.8. The first kappa shape index (κ1) is 39.0. The van der Waals surface area contributed by atoms with E-state index in [2.05, 4.69) is 23.7 Å². The van der Waals surface area contributed by atoms with Crippen LogP contribution in [0.25, 0.3) is 32.2 Å². The number of nitrogen functional groups attached to an aromatic ring is 1. The molecule has 0 spiro atoms. The average Bonchev–Trinajstić information content (AvgIpc) is 3.71. The highest BCUT2D eigenvalue weighted by molar-refractivity contribution is 7.23. The molecule has 8 rings (SSSR count). The van der Waals surface area contributed by atoms with Crippen molar-refractivity contribution < 1.29 is 37.9 Å². The highest BCUT2D eigenvalue weighted by Gasteiger charge is 2.51. The molecule has 56 heavy (non-hydrogen) atoms. The number of β-amino-alcohol motifs (C(OH)–C–C–N with tert-alkyl or cyclic N) is 1. The lowest BCUT2D eigenvalue weighted by atomic mass is 9.74. The van der Waals surface area contributed by atoms with Gasteiger partial charge in [-0.1, -0.05) is 6.42 Å². The summed E-state index contributed by atoms with van der Waals surface area (Å²) < 4.78 is 57.1. The third-order valence-electron chi connectivity index (χ3n) is 12.2. The topological polar surface area (TPSA) is 172 Å². The Morgan fingerprint density at radius 1 is 1.12 bits per heavy atom. The Hall–Kier alpha value is -3.80. The number of rotatable bonds is 9. The van der Waals surface area contributed by atoms with Gasteiger partial charge in [0.05, 0.1) is 61.5 Å². The summed E-state index contributed by atoms with van der Waals surface area (Å²) in [4.78, 5) is 18.7. The zero-order valence-corrected chi connectivity index (χ0v) is 33.1. The van der Waals surface area contributed by atoms with Gasteiger partial charge in [0.15, 0.2) is 5.82 Å². The Kier molecular flexibility index (Phi) is 10.6. The molecule has 4 aromatic rings. The molecule has 13 nitrogen and oxygen atoms in total. The maximum Gasteiger partial charge on any atom is 0.319 e. The number of hydrogen-bond donors (Lipinski definition) is 4. The summed E-state index contributed by atoms with van der Waals surface area (Å²) >= 11 is 0.974. The van der Waals surface area contributed by atoms with Crippen LogP contribution >= 0.6 is 11.3 Å². The fourth-order valence-electron chi connectivity index (χ4n) is 9.89. The molecule has 0 amide bonds. The molecule has 16 heteroatoms. The molecule has 1 saturated carbocycles. The fourth-order valence-corrected chi connectivity index (χ4v) is 10.9. The van der Waals surface area contributed by atoms with Crippen molar-refractivity contribution in [3.05, 3.63) is 29.3 Å². The van der Waals surface area contributed by atoms with E-state index in [4.69, 9.17) is 40.1 Å². The Balaban J connectivity index is 1.25. The van der Waals surface area contributed by atoms with Crippen LogP contribution in [0.4, 0.5) is 19.6 Å². The lowest BCUT2D eigenvalue weighted by molar-refractivity contribution is -0.0967. The van der Waals surface area contributed by atoms with Crippen LogP contribution in [0.3, 0.4) is 0 Å². The Morgan fingerprint density at radius 2 is 1.89 bits per heavy atom. The summed E-state index contributed by atoms with van der Waals surface area (Å²) in [6.07, 6.45) is 7.87. The second-order valence-electron chi connectivity index (χ2n) is 16.4. The number of nitrogens with two attached hydrogens (primary N) is 1. The van der Waals surface area contributed by atoms with E-state index in [1.165, 1.54) is 19.2 Å². The molecular formula is C40H51F2N7O6S. The van der Waals surface area contributed by atoms with Crippen molar-refractivity contribution in [2.45, 2.75) is 102 Å². The summed E-state index contributed by atoms with van der Waals surface area (Å²) in [5.41, 5.74) is 4.84. The second-order valence-corrected chi connectivity index (χ2v) is 17.5. The van der Waals surface area contributed by atoms with Crippen molar-refractivity contribution in [3.63, 3.8) is 0 Å². The minimum Gasteiger partial charge on any atom is -0.480 e. The smallest absolute Gasteiger partial charge is 0.319 e. The lowest BCUT2D eigenvalue weighted by Gasteiger charge is -2.51. The molecule has 3 saturated heterocycles. The van der Waals surface area contributed by atoms with Crippen molar-refractivity contribution in [2.75, 3.05) is 57.2 Å². The summed E-state index contributed by atoms with van der Waals surface area (Å²) in [5.74, 6) is -1.20. The number of halogens is 2. The third-order valence-corrected chi connectivity index (χ3v) is 13.3. The van der Waals surface area contributed by atoms with E-state index in [0.717, 1.165) is 69.0 Å². The maximum atomic E-state index is 17.4. The molecule has 0 radical (unpaired) electrons. The summed E-state index contributed by atoms with van der Waals surface area (Å²) in [6.45, 7) is 7.07. The fraction of sp³-hybridized carbons (Fsp3) is 0.600. The van der Waals surface area contributed by atoms with Crippen LogP contribution in [0.5, 0.6) is 11.9 Å². The van der Waals surface area contributed by atoms with Crippen molar-refractivity contribution in [1.82, 2.24) is 19.9 Å². The van der Waals surface area contributed by atoms with E-state index in [9.17, 15) is 10.2 Å². The number of aromatic nitrogens is 3. The van der Waals surface area contributed by atoms with Gasteiger partial charge in [-0.3, -0.25) is 4.90 Å². The van der Waals surface area contributed by atoms with Crippen molar-refractivity contribution >= 4 is 49.4 Å². The van der Waals surface area contributed by atoms with E-state index < -0.39 is 23.3 Å². The number of aliphatic hydroxyl groups excluding tert-OH is 1. The van der Waals surface area contributed by atoms with Gasteiger partial charge in [-0.25, -0.2) is 13.8 Å². The monoisotopic (exact) mass is 795 g/mol.